The lowest BCUT2D eigenvalue weighted by Crippen LogP contribution is -2.41. The summed E-state index contributed by atoms with van der Waals surface area (Å²) in [6.07, 6.45) is 0. The molecule has 1 radical (unpaired) electrons. The maximum absolute atomic E-state index is 3.45. The summed E-state index contributed by atoms with van der Waals surface area (Å²) in [5.41, 5.74) is 3.18. The minimum atomic E-state index is -1.24. The zero-order valence-corrected chi connectivity index (χ0v) is 12.2. The van der Waals surface area contributed by atoms with Crippen LogP contribution in [0.1, 0.15) is 31.9 Å². The minimum absolute atomic E-state index is 0.244. The molecule has 15 heavy (non-hydrogen) atoms. The Labute approximate surface area is 95.7 Å². The van der Waals surface area contributed by atoms with Crippen LogP contribution in [0.3, 0.4) is 0 Å². The third kappa shape index (κ3) is 2.72. The Bertz CT molecular complexity index is 318. The molecule has 0 bridgehead atoms. The first kappa shape index (κ1) is 12.5. The number of benzene rings is 1. The van der Waals surface area contributed by atoms with Crippen molar-refractivity contribution < 1.29 is 0 Å². The standard InChI is InChI=1S/C14H23Si/c1-11-12(14(2,3)4)9-8-10-13(11)15(5,6)7/h8-9H,1-7H3. The molecule has 0 atom stereocenters. The first-order valence-electron chi connectivity index (χ1n) is 5.66. The van der Waals surface area contributed by atoms with Gasteiger partial charge in [-0.15, -0.1) is 0 Å². The highest BCUT2D eigenvalue weighted by Crippen LogP contribution is 2.25. The fraction of sp³-hybridized carbons (Fsp3) is 0.571. The van der Waals surface area contributed by atoms with E-state index in [9.17, 15) is 0 Å². The van der Waals surface area contributed by atoms with Gasteiger partial charge in [-0.25, -0.2) is 0 Å². The average Bonchev–Trinajstić information content (AvgIpc) is 1.99. The third-order valence-electron chi connectivity index (χ3n) is 2.81. The molecule has 0 aliphatic rings. The Morgan fingerprint density at radius 2 is 1.67 bits per heavy atom. The van der Waals surface area contributed by atoms with Gasteiger partial charge in [0.2, 0.25) is 0 Å². The molecule has 0 heterocycles. The fourth-order valence-corrected chi connectivity index (χ4v) is 3.94. The van der Waals surface area contributed by atoms with Crippen molar-refractivity contribution >= 4 is 13.3 Å². The topological polar surface area (TPSA) is 0 Å². The molecule has 83 valence electrons. The molecule has 0 amide bonds. The largest absolute Gasteiger partial charge is 0.0787 e. The zero-order chi connectivity index (χ0) is 11.9. The molecule has 1 aromatic carbocycles. The summed E-state index contributed by atoms with van der Waals surface area (Å²) in [5.74, 6) is 0. The van der Waals surface area contributed by atoms with Gasteiger partial charge in [-0.3, -0.25) is 0 Å². The maximum Gasteiger partial charge on any atom is 0.0787 e. The molecule has 0 fully saturated rings. The van der Waals surface area contributed by atoms with Crippen molar-refractivity contribution in [3.8, 4) is 0 Å². The average molecular weight is 219 g/mol. The van der Waals surface area contributed by atoms with Crippen LogP contribution in [0.25, 0.3) is 0 Å². The highest BCUT2D eigenvalue weighted by Gasteiger charge is 2.23. The molecule has 0 N–H and O–H groups in total. The van der Waals surface area contributed by atoms with Crippen molar-refractivity contribution in [2.75, 3.05) is 0 Å². The molecule has 0 aromatic heterocycles. The Morgan fingerprint density at radius 1 is 1.13 bits per heavy atom. The molecule has 0 unspecified atom stereocenters. The second-order valence-corrected chi connectivity index (χ2v) is 11.4. The van der Waals surface area contributed by atoms with Gasteiger partial charge in [0, 0.05) is 0 Å². The van der Waals surface area contributed by atoms with Gasteiger partial charge >= 0.3 is 0 Å². The monoisotopic (exact) mass is 219 g/mol. The summed E-state index contributed by atoms with van der Waals surface area (Å²) < 4.78 is 0. The smallest absolute Gasteiger partial charge is 0.0656 e. The molecule has 0 aliphatic carbocycles. The van der Waals surface area contributed by atoms with Crippen molar-refractivity contribution in [3.05, 3.63) is 29.3 Å². The predicted molar refractivity (Wildman–Crippen MR) is 71.7 cm³/mol. The van der Waals surface area contributed by atoms with Crippen molar-refractivity contribution in [2.45, 2.75) is 52.8 Å². The van der Waals surface area contributed by atoms with Crippen molar-refractivity contribution in [3.63, 3.8) is 0 Å². The lowest BCUT2D eigenvalue weighted by molar-refractivity contribution is 0.586. The highest BCUT2D eigenvalue weighted by molar-refractivity contribution is 6.89. The molecule has 0 aliphatic heterocycles. The third-order valence-corrected chi connectivity index (χ3v) is 4.83. The second-order valence-electron chi connectivity index (χ2n) is 6.39. The lowest BCUT2D eigenvalue weighted by atomic mass is 9.84. The predicted octanol–water partition coefficient (Wildman–Crippen LogP) is 3.64. The minimum Gasteiger partial charge on any atom is -0.0656 e. The van der Waals surface area contributed by atoms with Crippen molar-refractivity contribution in [2.24, 2.45) is 0 Å². The molecular formula is C14H23Si. The van der Waals surface area contributed by atoms with E-state index >= 15 is 0 Å². The summed E-state index contributed by atoms with van der Waals surface area (Å²) in [5, 5.41) is 1.48. The fourth-order valence-electron chi connectivity index (χ4n) is 2.17. The molecule has 1 heteroatoms. The van der Waals surface area contributed by atoms with E-state index in [-0.39, 0.29) is 5.41 Å². The van der Waals surface area contributed by atoms with Gasteiger partial charge in [-0.05, 0) is 34.7 Å². The van der Waals surface area contributed by atoms with E-state index in [4.69, 9.17) is 0 Å². The van der Waals surface area contributed by atoms with Gasteiger partial charge in [0.25, 0.3) is 0 Å². The van der Waals surface area contributed by atoms with Crippen LogP contribution < -0.4 is 5.19 Å². The molecule has 0 saturated carbocycles. The molecule has 0 saturated heterocycles. The van der Waals surface area contributed by atoms with Crippen LogP contribution in [0.15, 0.2) is 12.1 Å². The summed E-state index contributed by atoms with van der Waals surface area (Å²) in [4.78, 5) is 0. The van der Waals surface area contributed by atoms with Gasteiger partial charge in [0.1, 0.15) is 0 Å². The summed E-state index contributed by atoms with van der Waals surface area (Å²) in [6, 6.07) is 7.77. The van der Waals surface area contributed by atoms with E-state index in [0.29, 0.717) is 0 Å². The second kappa shape index (κ2) is 3.78. The van der Waals surface area contributed by atoms with Crippen LogP contribution in [-0.2, 0) is 5.41 Å². The zero-order valence-electron chi connectivity index (χ0n) is 11.2. The summed E-state index contributed by atoms with van der Waals surface area (Å²) in [7, 11) is -1.24. The molecule has 1 rings (SSSR count). The van der Waals surface area contributed by atoms with E-state index in [1.165, 1.54) is 16.3 Å². The van der Waals surface area contributed by atoms with E-state index in [2.05, 4.69) is 65.5 Å². The van der Waals surface area contributed by atoms with Gasteiger partial charge in [-0.2, -0.15) is 0 Å². The first-order valence-corrected chi connectivity index (χ1v) is 9.16. The van der Waals surface area contributed by atoms with Crippen LogP contribution in [0.4, 0.5) is 0 Å². The van der Waals surface area contributed by atoms with E-state index in [0.717, 1.165) is 0 Å². The van der Waals surface area contributed by atoms with Crippen LogP contribution in [0, 0.1) is 13.0 Å². The normalized spacial score (nSPS) is 13.0. The van der Waals surface area contributed by atoms with E-state index in [1.54, 1.807) is 0 Å². The number of rotatable bonds is 1. The van der Waals surface area contributed by atoms with Crippen molar-refractivity contribution in [1.82, 2.24) is 0 Å². The highest BCUT2D eigenvalue weighted by atomic mass is 28.3. The Morgan fingerprint density at radius 3 is 2.07 bits per heavy atom. The van der Waals surface area contributed by atoms with Gasteiger partial charge in [0.05, 0.1) is 8.07 Å². The van der Waals surface area contributed by atoms with Crippen LogP contribution in [0.5, 0.6) is 0 Å². The summed E-state index contributed by atoms with van der Waals surface area (Å²) in [6.45, 7) is 16.3. The van der Waals surface area contributed by atoms with E-state index < -0.39 is 8.07 Å². The maximum atomic E-state index is 3.45. The Balaban J connectivity index is 3.37. The van der Waals surface area contributed by atoms with Crippen molar-refractivity contribution in [1.29, 1.82) is 0 Å². The van der Waals surface area contributed by atoms with Crippen LogP contribution in [0.2, 0.25) is 19.6 Å². The SMILES string of the molecule is Cc1c([Si](C)(C)C)[c]ccc1C(C)(C)C. The first-order chi connectivity index (χ1) is 6.64. The van der Waals surface area contributed by atoms with Gasteiger partial charge < -0.3 is 0 Å². The molecule has 0 nitrogen and oxygen atoms in total. The Hall–Kier alpha value is -0.563. The molecular weight excluding hydrogens is 196 g/mol. The number of hydrogen-bond acceptors (Lipinski definition) is 0. The molecule has 1 aromatic rings. The van der Waals surface area contributed by atoms with Crippen LogP contribution in [-0.4, -0.2) is 8.07 Å². The molecule has 0 spiro atoms. The van der Waals surface area contributed by atoms with Gasteiger partial charge in [-0.1, -0.05) is 52.5 Å². The van der Waals surface area contributed by atoms with E-state index in [1.807, 2.05) is 0 Å². The Kier molecular flexibility index (Phi) is 3.15. The number of hydrogen-bond donors (Lipinski definition) is 0. The quantitative estimate of drug-likeness (QED) is 0.633. The lowest BCUT2D eigenvalue weighted by Gasteiger charge is -2.27. The van der Waals surface area contributed by atoms with Gasteiger partial charge in [0.15, 0.2) is 0 Å². The van der Waals surface area contributed by atoms with Crippen LogP contribution >= 0.6 is 0 Å². The summed E-state index contributed by atoms with van der Waals surface area (Å²) >= 11 is 0.